The number of amides is 1. The quantitative estimate of drug-likeness (QED) is 0.873. The summed E-state index contributed by atoms with van der Waals surface area (Å²) in [7, 11) is 0. The molecule has 0 bridgehead atoms. The molecule has 0 saturated heterocycles. The zero-order valence-corrected chi connectivity index (χ0v) is 11.4. The van der Waals surface area contributed by atoms with Gasteiger partial charge in [0.2, 0.25) is 5.91 Å². The third-order valence-electron chi connectivity index (χ3n) is 2.47. The molecule has 104 valence electrons. The third-order valence-corrected chi connectivity index (χ3v) is 2.76. The highest BCUT2D eigenvalue weighted by atomic mass is 35.5. The molecule has 1 aromatic rings. The van der Waals surface area contributed by atoms with Crippen molar-refractivity contribution < 1.29 is 19.1 Å². The Morgan fingerprint density at radius 2 is 2.00 bits per heavy atom. The lowest BCUT2D eigenvalue weighted by Gasteiger charge is -2.21. The Morgan fingerprint density at radius 3 is 2.53 bits per heavy atom. The van der Waals surface area contributed by atoms with Crippen LogP contribution in [-0.2, 0) is 9.59 Å². The van der Waals surface area contributed by atoms with Gasteiger partial charge < -0.3 is 10.4 Å². The largest absolute Gasteiger partial charge is 0.481 e. The number of hydrogen-bond acceptors (Lipinski definition) is 2. The van der Waals surface area contributed by atoms with Crippen molar-refractivity contribution in [3.8, 4) is 0 Å². The van der Waals surface area contributed by atoms with E-state index in [1.54, 1.807) is 13.8 Å². The first kappa shape index (κ1) is 15.4. The molecular weight excluding hydrogens is 273 g/mol. The molecule has 6 heteroatoms. The minimum Gasteiger partial charge on any atom is -0.481 e. The molecule has 0 spiro atoms. The van der Waals surface area contributed by atoms with Gasteiger partial charge in [0.25, 0.3) is 0 Å². The van der Waals surface area contributed by atoms with Crippen molar-refractivity contribution in [2.24, 2.45) is 5.41 Å². The lowest BCUT2D eigenvalue weighted by Crippen LogP contribution is -2.24. The Kier molecular flexibility index (Phi) is 4.89. The zero-order valence-electron chi connectivity index (χ0n) is 10.7. The van der Waals surface area contributed by atoms with E-state index >= 15 is 0 Å². The van der Waals surface area contributed by atoms with Gasteiger partial charge in [-0.15, -0.1) is 0 Å². The number of aliphatic carboxylic acids is 1. The second-order valence-corrected chi connectivity index (χ2v) is 5.50. The first-order valence-corrected chi connectivity index (χ1v) is 6.04. The Bertz CT molecular complexity index is 503. The van der Waals surface area contributed by atoms with Crippen molar-refractivity contribution in [2.75, 3.05) is 5.32 Å². The molecule has 1 rings (SSSR count). The fraction of sp³-hybridized carbons (Fsp3) is 0.385. The van der Waals surface area contributed by atoms with Gasteiger partial charge in [-0.3, -0.25) is 9.59 Å². The van der Waals surface area contributed by atoms with E-state index in [0.717, 1.165) is 6.07 Å². The Hall–Kier alpha value is -1.62. The number of carboxylic acid groups (broad SMARTS) is 1. The van der Waals surface area contributed by atoms with Gasteiger partial charge in [0.1, 0.15) is 5.82 Å². The fourth-order valence-electron chi connectivity index (χ4n) is 1.69. The van der Waals surface area contributed by atoms with E-state index in [9.17, 15) is 14.0 Å². The van der Waals surface area contributed by atoms with E-state index < -0.39 is 17.2 Å². The molecule has 1 aromatic carbocycles. The molecule has 0 heterocycles. The average Bonchev–Trinajstić information content (AvgIpc) is 2.20. The molecule has 0 aliphatic rings. The highest BCUT2D eigenvalue weighted by Crippen LogP contribution is 2.26. The van der Waals surface area contributed by atoms with Gasteiger partial charge in [-0.2, -0.15) is 0 Å². The summed E-state index contributed by atoms with van der Waals surface area (Å²) in [5.41, 5.74) is -0.276. The van der Waals surface area contributed by atoms with Crippen molar-refractivity contribution in [3.63, 3.8) is 0 Å². The summed E-state index contributed by atoms with van der Waals surface area (Å²) in [5.74, 6) is -1.86. The lowest BCUT2D eigenvalue weighted by atomic mass is 9.85. The number of rotatable bonds is 5. The zero-order chi connectivity index (χ0) is 14.6. The highest BCUT2D eigenvalue weighted by molar-refractivity contribution is 6.31. The van der Waals surface area contributed by atoms with Gasteiger partial charge >= 0.3 is 5.97 Å². The van der Waals surface area contributed by atoms with Gasteiger partial charge in [0.15, 0.2) is 0 Å². The van der Waals surface area contributed by atoms with Gasteiger partial charge in [0.05, 0.1) is 11.4 Å². The van der Waals surface area contributed by atoms with E-state index in [-0.39, 0.29) is 23.8 Å². The van der Waals surface area contributed by atoms with Gasteiger partial charge in [-0.1, -0.05) is 25.4 Å². The molecule has 0 aliphatic carbocycles. The molecule has 0 aromatic heterocycles. The normalized spacial score (nSPS) is 11.2. The predicted octanol–water partition coefficient (Wildman–Crippen LogP) is 3.31. The van der Waals surface area contributed by atoms with E-state index in [0.29, 0.717) is 5.69 Å². The highest BCUT2D eigenvalue weighted by Gasteiger charge is 2.25. The number of carboxylic acids is 1. The van der Waals surface area contributed by atoms with Crippen molar-refractivity contribution in [2.45, 2.75) is 26.7 Å². The van der Waals surface area contributed by atoms with Crippen molar-refractivity contribution in [1.82, 2.24) is 0 Å². The second kappa shape index (κ2) is 6.02. The summed E-state index contributed by atoms with van der Waals surface area (Å²) < 4.78 is 12.9. The molecule has 0 saturated carbocycles. The maximum absolute atomic E-state index is 12.9. The number of carbonyl (C=O) groups is 2. The number of anilines is 1. The van der Waals surface area contributed by atoms with Crippen molar-refractivity contribution >= 4 is 29.2 Å². The van der Waals surface area contributed by atoms with E-state index in [2.05, 4.69) is 5.32 Å². The number of halogens is 2. The van der Waals surface area contributed by atoms with Crippen molar-refractivity contribution in [1.29, 1.82) is 0 Å². The Morgan fingerprint density at radius 1 is 1.37 bits per heavy atom. The van der Waals surface area contributed by atoms with E-state index in [4.69, 9.17) is 16.7 Å². The van der Waals surface area contributed by atoms with E-state index in [1.807, 2.05) is 0 Å². The average molecular weight is 288 g/mol. The first-order valence-electron chi connectivity index (χ1n) is 5.66. The second-order valence-electron chi connectivity index (χ2n) is 5.09. The lowest BCUT2D eigenvalue weighted by molar-refractivity contribution is -0.139. The molecule has 2 N–H and O–H groups in total. The maximum Gasteiger partial charge on any atom is 0.303 e. The number of hydrogen-bond donors (Lipinski definition) is 2. The number of nitrogens with one attached hydrogen (secondary N) is 1. The standard InChI is InChI=1S/C13H15ClFNO3/c1-13(2,7-12(18)19)6-11(17)16-8-3-4-10(15)9(14)5-8/h3-5H,6-7H2,1-2H3,(H,16,17)(H,18,19). The van der Waals surface area contributed by atoms with Crippen LogP contribution in [-0.4, -0.2) is 17.0 Å². The third kappa shape index (κ3) is 5.26. The van der Waals surface area contributed by atoms with Crippen LogP contribution in [0.4, 0.5) is 10.1 Å². The van der Waals surface area contributed by atoms with Crippen LogP contribution in [0, 0.1) is 11.2 Å². The molecule has 0 fully saturated rings. The van der Waals surface area contributed by atoms with Crippen LogP contribution in [0.5, 0.6) is 0 Å². The molecule has 19 heavy (non-hydrogen) atoms. The van der Waals surface area contributed by atoms with Crippen LogP contribution in [0.2, 0.25) is 5.02 Å². The van der Waals surface area contributed by atoms with Crippen LogP contribution in [0.25, 0.3) is 0 Å². The van der Waals surface area contributed by atoms with E-state index in [1.165, 1.54) is 12.1 Å². The molecule has 0 unspecified atom stereocenters. The summed E-state index contributed by atoms with van der Waals surface area (Å²) in [5, 5.41) is 11.2. The topological polar surface area (TPSA) is 66.4 Å². The Balaban J connectivity index is 2.64. The summed E-state index contributed by atoms with van der Waals surface area (Å²) >= 11 is 5.60. The van der Waals surface area contributed by atoms with Crippen LogP contribution < -0.4 is 5.32 Å². The molecule has 0 atom stereocenters. The number of carbonyl (C=O) groups excluding carboxylic acids is 1. The smallest absolute Gasteiger partial charge is 0.303 e. The summed E-state index contributed by atoms with van der Waals surface area (Å²) in [6.45, 7) is 3.39. The molecule has 4 nitrogen and oxygen atoms in total. The molecular formula is C13H15ClFNO3. The number of benzene rings is 1. The predicted molar refractivity (Wildman–Crippen MR) is 70.7 cm³/mol. The molecule has 1 amide bonds. The molecule has 0 aliphatic heterocycles. The fourth-order valence-corrected chi connectivity index (χ4v) is 1.87. The SMILES string of the molecule is CC(C)(CC(=O)O)CC(=O)Nc1ccc(F)c(Cl)c1. The van der Waals surface area contributed by atoms with Crippen LogP contribution >= 0.6 is 11.6 Å². The van der Waals surface area contributed by atoms with Gasteiger partial charge in [-0.05, 0) is 23.6 Å². The van der Waals surface area contributed by atoms with Crippen LogP contribution in [0.15, 0.2) is 18.2 Å². The van der Waals surface area contributed by atoms with Crippen molar-refractivity contribution in [3.05, 3.63) is 29.0 Å². The van der Waals surface area contributed by atoms with Crippen LogP contribution in [0.1, 0.15) is 26.7 Å². The summed E-state index contributed by atoms with van der Waals surface area (Å²) in [6.07, 6.45) is -0.0567. The summed E-state index contributed by atoms with van der Waals surface area (Å²) in [4.78, 5) is 22.4. The maximum atomic E-state index is 12.9. The minimum absolute atomic E-state index is 0.0499. The Labute approximate surface area is 115 Å². The van der Waals surface area contributed by atoms with Gasteiger partial charge in [0, 0.05) is 12.1 Å². The minimum atomic E-state index is -0.956. The summed E-state index contributed by atoms with van der Waals surface area (Å²) in [6, 6.07) is 3.85. The first-order chi connectivity index (χ1) is 8.69. The monoisotopic (exact) mass is 287 g/mol. The van der Waals surface area contributed by atoms with Crippen LogP contribution in [0.3, 0.4) is 0 Å². The molecule has 0 radical (unpaired) electrons. The van der Waals surface area contributed by atoms with Gasteiger partial charge in [-0.25, -0.2) is 4.39 Å².